The summed E-state index contributed by atoms with van der Waals surface area (Å²) in [5, 5.41) is 11.6. The summed E-state index contributed by atoms with van der Waals surface area (Å²) in [5.41, 5.74) is 4.60. The van der Waals surface area contributed by atoms with E-state index in [1.54, 1.807) is 6.92 Å². The first-order chi connectivity index (χ1) is 12.6. The lowest BCUT2D eigenvalue weighted by Crippen LogP contribution is -2.08. The number of aliphatic hydroxyl groups is 1. The monoisotopic (exact) mass is 346 g/mol. The molecular weight excluding hydrogens is 324 g/mol. The van der Waals surface area contributed by atoms with Crippen LogP contribution in [-0.4, -0.2) is 17.7 Å². The van der Waals surface area contributed by atoms with E-state index in [-0.39, 0.29) is 12.6 Å². The molecule has 1 N–H and O–H groups in total. The maximum atomic E-state index is 11.6. The summed E-state index contributed by atoms with van der Waals surface area (Å²) in [5.74, 6) is -0.361. The summed E-state index contributed by atoms with van der Waals surface area (Å²) >= 11 is 0. The van der Waals surface area contributed by atoms with Crippen molar-refractivity contribution in [1.29, 1.82) is 0 Å². The number of benzene rings is 3. The van der Waals surface area contributed by atoms with E-state index in [4.69, 9.17) is 4.74 Å². The smallest absolute Gasteiger partial charge is 0.333 e. The molecule has 0 aliphatic heterocycles. The summed E-state index contributed by atoms with van der Waals surface area (Å²) in [6.45, 7) is 5.59. The molecule has 3 heteroatoms. The van der Waals surface area contributed by atoms with Crippen molar-refractivity contribution < 1.29 is 14.6 Å². The van der Waals surface area contributed by atoms with Gasteiger partial charge in [-0.05, 0) is 46.0 Å². The molecule has 0 amide bonds. The third kappa shape index (κ3) is 4.01. The second-order valence-corrected chi connectivity index (χ2v) is 6.38. The average molecular weight is 346 g/mol. The van der Waals surface area contributed by atoms with Gasteiger partial charge < -0.3 is 9.84 Å². The van der Waals surface area contributed by atoms with Crippen molar-refractivity contribution in [1.82, 2.24) is 0 Å². The van der Waals surface area contributed by atoms with Crippen LogP contribution >= 0.6 is 0 Å². The number of hydrogen-bond acceptors (Lipinski definition) is 3. The molecule has 0 radical (unpaired) electrons. The Balaban J connectivity index is 1.95. The molecule has 3 aromatic rings. The molecule has 3 aromatic carbocycles. The second-order valence-electron chi connectivity index (χ2n) is 6.38. The fourth-order valence-electron chi connectivity index (χ4n) is 2.93. The molecule has 0 saturated heterocycles. The molecule has 0 aliphatic carbocycles. The second kappa shape index (κ2) is 7.98. The van der Waals surface area contributed by atoms with E-state index >= 15 is 0 Å². The van der Waals surface area contributed by atoms with Gasteiger partial charge in [0.05, 0.1) is 13.2 Å². The van der Waals surface area contributed by atoms with Crippen molar-refractivity contribution in [3.8, 4) is 11.1 Å². The topological polar surface area (TPSA) is 46.5 Å². The predicted molar refractivity (Wildman–Crippen MR) is 105 cm³/mol. The SMILES string of the molecule is C=C(C)C(=O)OCCc1cc2ccccc2cc1-c1ccc(CO)cc1. The molecule has 3 nitrogen and oxygen atoms in total. The lowest BCUT2D eigenvalue weighted by Gasteiger charge is -2.13. The number of hydrogen-bond donors (Lipinski definition) is 1. The minimum atomic E-state index is -0.361. The molecule has 0 spiro atoms. The van der Waals surface area contributed by atoms with Crippen molar-refractivity contribution in [3.05, 3.63) is 83.9 Å². The molecule has 0 heterocycles. The summed E-state index contributed by atoms with van der Waals surface area (Å²) in [6.07, 6.45) is 0.626. The van der Waals surface area contributed by atoms with Gasteiger partial charge in [0.15, 0.2) is 0 Å². The first-order valence-electron chi connectivity index (χ1n) is 8.63. The van der Waals surface area contributed by atoms with Gasteiger partial charge >= 0.3 is 5.97 Å². The molecule has 0 aliphatic rings. The van der Waals surface area contributed by atoms with Crippen LogP contribution in [0.1, 0.15) is 18.1 Å². The maximum Gasteiger partial charge on any atom is 0.333 e. The zero-order valence-electron chi connectivity index (χ0n) is 14.9. The molecule has 132 valence electrons. The summed E-state index contributed by atoms with van der Waals surface area (Å²) < 4.78 is 5.28. The highest BCUT2D eigenvalue weighted by molar-refractivity contribution is 5.89. The van der Waals surface area contributed by atoms with E-state index in [0.717, 1.165) is 33.0 Å². The van der Waals surface area contributed by atoms with Crippen LogP contribution in [0.2, 0.25) is 0 Å². The number of rotatable bonds is 6. The van der Waals surface area contributed by atoms with Gasteiger partial charge in [-0.2, -0.15) is 0 Å². The fraction of sp³-hybridized carbons (Fsp3) is 0.174. The van der Waals surface area contributed by atoms with Crippen LogP contribution in [0.15, 0.2) is 72.8 Å². The number of esters is 1. The number of carbonyl (C=O) groups is 1. The number of carbonyl (C=O) groups excluding carboxylic acids is 1. The van der Waals surface area contributed by atoms with Gasteiger partial charge in [0.2, 0.25) is 0 Å². The highest BCUT2D eigenvalue weighted by Gasteiger charge is 2.10. The predicted octanol–water partition coefficient (Wildman–Crippen LogP) is 4.66. The molecule has 0 atom stereocenters. The Morgan fingerprint density at radius 3 is 2.31 bits per heavy atom. The van der Waals surface area contributed by atoms with Crippen LogP contribution in [0.5, 0.6) is 0 Å². The van der Waals surface area contributed by atoms with Crippen molar-refractivity contribution >= 4 is 16.7 Å². The van der Waals surface area contributed by atoms with Crippen LogP contribution in [0.3, 0.4) is 0 Å². The lowest BCUT2D eigenvalue weighted by atomic mass is 9.93. The van der Waals surface area contributed by atoms with Gasteiger partial charge in [0.1, 0.15) is 0 Å². The molecule has 0 saturated carbocycles. The highest BCUT2D eigenvalue weighted by Crippen LogP contribution is 2.29. The third-order valence-electron chi connectivity index (χ3n) is 4.37. The fourth-order valence-corrected chi connectivity index (χ4v) is 2.93. The van der Waals surface area contributed by atoms with E-state index < -0.39 is 0 Å². The molecule has 0 unspecified atom stereocenters. The maximum absolute atomic E-state index is 11.6. The van der Waals surface area contributed by atoms with Gasteiger partial charge in [-0.1, -0.05) is 61.2 Å². The van der Waals surface area contributed by atoms with Crippen LogP contribution in [0, 0.1) is 0 Å². The van der Waals surface area contributed by atoms with Gasteiger partial charge in [-0.15, -0.1) is 0 Å². The molecule has 26 heavy (non-hydrogen) atoms. The van der Waals surface area contributed by atoms with Gasteiger partial charge in [0, 0.05) is 12.0 Å². The van der Waals surface area contributed by atoms with E-state index in [9.17, 15) is 9.90 Å². The van der Waals surface area contributed by atoms with Crippen molar-refractivity contribution in [3.63, 3.8) is 0 Å². The minimum Gasteiger partial charge on any atom is -0.462 e. The number of fused-ring (bicyclic) bond motifs is 1. The van der Waals surface area contributed by atoms with Crippen LogP contribution < -0.4 is 0 Å². The minimum absolute atomic E-state index is 0.0295. The molecule has 0 bridgehead atoms. The molecule has 3 rings (SSSR count). The Hall–Kier alpha value is -2.91. The molecule has 0 aromatic heterocycles. The van der Waals surface area contributed by atoms with E-state index in [1.165, 1.54) is 0 Å². The zero-order valence-corrected chi connectivity index (χ0v) is 14.9. The van der Waals surface area contributed by atoms with Crippen molar-refractivity contribution in [2.45, 2.75) is 20.0 Å². The Morgan fingerprint density at radius 2 is 1.69 bits per heavy atom. The first-order valence-corrected chi connectivity index (χ1v) is 8.63. The first kappa shape index (κ1) is 17.9. The lowest BCUT2D eigenvalue weighted by molar-refractivity contribution is -0.138. The van der Waals surface area contributed by atoms with Crippen molar-refractivity contribution in [2.24, 2.45) is 0 Å². The molecular formula is C23H22O3. The largest absolute Gasteiger partial charge is 0.462 e. The molecule has 0 fully saturated rings. The highest BCUT2D eigenvalue weighted by atomic mass is 16.5. The quantitative estimate of drug-likeness (QED) is 0.521. The Morgan fingerprint density at radius 1 is 1.04 bits per heavy atom. The van der Waals surface area contributed by atoms with Crippen LogP contribution in [0.4, 0.5) is 0 Å². The van der Waals surface area contributed by atoms with Gasteiger partial charge in [-0.25, -0.2) is 4.79 Å². The van der Waals surface area contributed by atoms with E-state index in [2.05, 4.69) is 30.8 Å². The van der Waals surface area contributed by atoms with Gasteiger partial charge in [0.25, 0.3) is 0 Å². The van der Waals surface area contributed by atoms with Gasteiger partial charge in [-0.3, -0.25) is 0 Å². The Bertz CT molecular complexity index is 939. The summed E-state index contributed by atoms with van der Waals surface area (Å²) in [7, 11) is 0. The summed E-state index contributed by atoms with van der Waals surface area (Å²) in [6, 6.07) is 20.4. The normalized spacial score (nSPS) is 10.7. The standard InChI is InChI=1S/C23H22O3/c1-16(2)23(25)26-12-11-21-13-19-5-3-4-6-20(19)14-22(21)18-9-7-17(15-24)8-10-18/h3-10,13-14,24H,1,11-12,15H2,2H3. The zero-order chi connectivity index (χ0) is 18.5. The van der Waals surface area contributed by atoms with Crippen LogP contribution in [0.25, 0.3) is 21.9 Å². The van der Waals surface area contributed by atoms with E-state index in [1.807, 2.05) is 36.4 Å². The van der Waals surface area contributed by atoms with Crippen LogP contribution in [-0.2, 0) is 22.6 Å². The third-order valence-corrected chi connectivity index (χ3v) is 4.37. The number of aliphatic hydroxyl groups excluding tert-OH is 1. The number of ether oxygens (including phenoxy) is 1. The van der Waals surface area contributed by atoms with Crippen molar-refractivity contribution in [2.75, 3.05) is 6.61 Å². The Kier molecular flexibility index (Phi) is 5.49. The Labute approximate surface area is 153 Å². The summed E-state index contributed by atoms with van der Waals surface area (Å²) in [4.78, 5) is 11.6. The average Bonchev–Trinajstić information content (AvgIpc) is 2.67. The van der Waals surface area contributed by atoms with E-state index in [0.29, 0.717) is 18.6 Å².